The van der Waals surface area contributed by atoms with E-state index in [1.807, 2.05) is 0 Å². The monoisotopic (exact) mass is 169 g/mol. The van der Waals surface area contributed by atoms with Gasteiger partial charge in [0, 0.05) is 6.04 Å². The predicted octanol–water partition coefficient (Wildman–Crippen LogP) is 2.80. The molecule has 12 heavy (non-hydrogen) atoms. The molecule has 72 valence electrons. The van der Waals surface area contributed by atoms with Gasteiger partial charge in [0.15, 0.2) is 0 Å². The highest BCUT2D eigenvalue weighted by Crippen LogP contribution is 2.39. The average molecular weight is 169 g/mol. The summed E-state index contributed by atoms with van der Waals surface area (Å²) in [5.41, 5.74) is 6.65. The van der Waals surface area contributed by atoms with E-state index >= 15 is 0 Å². The summed E-state index contributed by atoms with van der Waals surface area (Å²) in [6.45, 7) is 9.26. The molecule has 1 aliphatic carbocycles. The van der Waals surface area contributed by atoms with Crippen molar-refractivity contribution in [2.75, 3.05) is 0 Å². The maximum Gasteiger partial charge on any atom is 0.00746 e. The van der Waals surface area contributed by atoms with E-state index in [4.69, 9.17) is 5.73 Å². The van der Waals surface area contributed by atoms with E-state index in [1.165, 1.54) is 19.3 Å². The summed E-state index contributed by atoms with van der Waals surface area (Å²) in [6, 6.07) is 0.439. The van der Waals surface area contributed by atoms with Gasteiger partial charge in [-0.2, -0.15) is 0 Å². The van der Waals surface area contributed by atoms with Gasteiger partial charge in [0.05, 0.1) is 0 Å². The zero-order valence-corrected chi connectivity index (χ0v) is 8.93. The summed E-state index contributed by atoms with van der Waals surface area (Å²) in [7, 11) is 0. The summed E-state index contributed by atoms with van der Waals surface area (Å²) in [5.74, 6) is 1.52. The van der Waals surface area contributed by atoms with E-state index in [0.29, 0.717) is 11.5 Å². The quantitative estimate of drug-likeness (QED) is 0.642. The molecule has 1 heteroatoms. The first-order valence-electron chi connectivity index (χ1n) is 5.18. The van der Waals surface area contributed by atoms with Gasteiger partial charge in [-0.15, -0.1) is 0 Å². The van der Waals surface area contributed by atoms with E-state index < -0.39 is 0 Å². The summed E-state index contributed by atoms with van der Waals surface area (Å²) >= 11 is 0. The average Bonchev–Trinajstić information content (AvgIpc) is 1.83. The molecule has 2 N–H and O–H groups in total. The fourth-order valence-electron chi connectivity index (χ4n) is 2.49. The summed E-state index contributed by atoms with van der Waals surface area (Å²) < 4.78 is 0. The Morgan fingerprint density at radius 3 is 2.33 bits per heavy atom. The number of hydrogen-bond donors (Lipinski definition) is 1. The maximum atomic E-state index is 6.16. The highest BCUT2D eigenvalue weighted by Gasteiger charge is 2.33. The molecule has 0 heterocycles. The largest absolute Gasteiger partial charge is 0.327 e. The number of nitrogens with two attached hydrogens (primary N) is 1. The van der Waals surface area contributed by atoms with Crippen molar-refractivity contribution in [3.8, 4) is 0 Å². The van der Waals surface area contributed by atoms with Gasteiger partial charge >= 0.3 is 0 Å². The maximum absolute atomic E-state index is 6.16. The molecule has 0 bridgehead atoms. The lowest BCUT2D eigenvalue weighted by Crippen LogP contribution is -2.42. The predicted molar refractivity (Wildman–Crippen MR) is 53.9 cm³/mol. The lowest BCUT2D eigenvalue weighted by molar-refractivity contribution is 0.134. The standard InChI is InChI=1S/C11H23N/c1-8(2)9-5-6-11(3,4)7-10(9)12/h8-10H,5-7,12H2,1-4H3/t9-,10+/m0/s1. The van der Waals surface area contributed by atoms with Crippen molar-refractivity contribution in [2.24, 2.45) is 23.0 Å². The Kier molecular flexibility index (Phi) is 2.82. The topological polar surface area (TPSA) is 26.0 Å². The van der Waals surface area contributed by atoms with E-state index in [0.717, 1.165) is 11.8 Å². The molecular formula is C11H23N. The fraction of sp³-hybridized carbons (Fsp3) is 1.00. The van der Waals surface area contributed by atoms with Gasteiger partial charge in [0.1, 0.15) is 0 Å². The van der Waals surface area contributed by atoms with E-state index in [9.17, 15) is 0 Å². The third-order valence-corrected chi connectivity index (χ3v) is 3.35. The number of rotatable bonds is 1. The van der Waals surface area contributed by atoms with Crippen molar-refractivity contribution in [1.82, 2.24) is 0 Å². The Morgan fingerprint density at radius 2 is 1.92 bits per heavy atom. The normalized spacial score (nSPS) is 35.5. The molecule has 0 aromatic rings. The molecule has 0 aromatic heterocycles. The van der Waals surface area contributed by atoms with Crippen LogP contribution < -0.4 is 5.73 Å². The second-order valence-corrected chi connectivity index (χ2v) is 5.48. The molecule has 1 nitrogen and oxygen atoms in total. The van der Waals surface area contributed by atoms with Gasteiger partial charge in [-0.1, -0.05) is 27.7 Å². The minimum absolute atomic E-state index is 0.439. The van der Waals surface area contributed by atoms with Gasteiger partial charge in [0.25, 0.3) is 0 Å². The van der Waals surface area contributed by atoms with Crippen molar-refractivity contribution in [2.45, 2.75) is 53.0 Å². The fourth-order valence-corrected chi connectivity index (χ4v) is 2.49. The highest BCUT2D eigenvalue weighted by molar-refractivity contribution is 4.88. The van der Waals surface area contributed by atoms with Crippen LogP contribution in [0.1, 0.15) is 47.0 Å². The minimum Gasteiger partial charge on any atom is -0.327 e. The minimum atomic E-state index is 0.439. The van der Waals surface area contributed by atoms with Crippen LogP contribution >= 0.6 is 0 Å². The molecular weight excluding hydrogens is 146 g/mol. The Bertz CT molecular complexity index is 149. The Morgan fingerprint density at radius 1 is 1.33 bits per heavy atom. The third-order valence-electron chi connectivity index (χ3n) is 3.35. The van der Waals surface area contributed by atoms with Crippen molar-refractivity contribution >= 4 is 0 Å². The molecule has 0 spiro atoms. The zero-order chi connectivity index (χ0) is 9.35. The molecule has 1 aliphatic rings. The summed E-state index contributed by atoms with van der Waals surface area (Å²) in [5, 5.41) is 0. The first kappa shape index (κ1) is 10.0. The number of hydrogen-bond acceptors (Lipinski definition) is 1. The van der Waals surface area contributed by atoms with Crippen molar-refractivity contribution in [3.05, 3.63) is 0 Å². The van der Waals surface area contributed by atoms with Crippen LogP contribution in [0.4, 0.5) is 0 Å². The molecule has 2 atom stereocenters. The molecule has 1 rings (SSSR count). The summed E-state index contributed by atoms with van der Waals surface area (Å²) in [4.78, 5) is 0. The zero-order valence-electron chi connectivity index (χ0n) is 8.93. The van der Waals surface area contributed by atoms with Crippen LogP contribution in [0.15, 0.2) is 0 Å². The van der Waals surface area contributed by atoms with Crippen LogP contribution in [-0.4, -0.2) is 6.04 Å². The molecule has 1 fully saturated rings. The van der Waals surface area contributed by atoms with Crippen LogP contribution in [0.2, 0.25) is 0 Å². The van der Waals surface area contributed by atoms with Crippen LogP contribution in [0.3, 0.4) is 0 Å². The Balaban J connectivity index is 2.54. The van der Waals surface area contributed by atoms with Gasteiger partial charge in [-0.25, -0.2) is 0 Å². The molecule has 1 saturated carbocycles. The van der Waals surface area contributed by atoms with Gasteiger partial charge in [0.2, 0.25) is 0 Å². The third kappa shape index (κ3) is 2.22. The van der Waals surface area contributed by atoms with Crippen LogP contribution in [0.5, 0.6) is 0 Å². The highest BCUT2D eigenvalue weighted by atomic mass is 14.7. The van der Waals surface area contributed by atoms with Crippen LogP contribution in [0, 0.1) is 17.3 Å². The summed E-state index contributed by atoms with van der Waals surface area (Å²) in [6.07, 6.45) is 3.88. The van der Waals surface area contributed by atoms with Crippen molar-refractivity contribution < 1.29 is 0 Å². The molecule has 0 saturated heterocycles. The Labute approximate surface area is 76.7 Å². The first-order valence-corrected chi connectivity index (χ1v) is 5.18. The first-order chi connectivity index (χ1) is 5.42. The van der Waals surface area contributed by atoms with Gasteiger partial charge in [-0.05, 0) is 36.5 Å². The van der Waals surface area contributed by atoms with E-state index in [2.05, 4.69) is 27.7 Å². The molecule has 0 radical (unpaired) electrons. The lowest BCUT2D eigenvalue weighted by atomic mass is 9.67. The molecule has 0 aliphatic heterocycles. The second kappa shape index (κ2) is 3.37. The SMILES string of the molecule is CC(C)[C@@H]1CCC(C)(C)C[C@H]1N. The van der Waals surface area contributed by atoms with Crippen LogP contribution in [-0.2, 0) is 0 Å². The Hall–Kier alpha value is -0.0400. The molecule has 0 amide bonds. The van der Waals surface area contributed by atoms with Gasteiger partial charge in [-0.3, -0.25) is 0 Å². The molecule has 0 aromatic carbocycles. The second-order valence-electron chi connectivity index (χ2n) is 5.48. The smallest absolute Gasteiger partial charge is 0.00746 e. The van der Waals surface area contributed by atoms with Crippen molar-refractivity contribution in [1.29, 1.82) is 0 Å². The molecule has 0 unspecified atom stereocenters. The van der Waals surface area contributed by atoms with Crippen LogP contribution in [0.25, 0.3) is 0 Å². The van der Waals surface area contributed by atoms with E-state index in [1.54, 1.807) is 0 Å². The van der Waals surface area contributed by atoms with Gasteiger partial charge < -0.3 is 5.73 Å². The van der Waals surface area contributed by atoms with Crippen molar-refractivity contribution in [3.63, 3.8) is 0 Å². The lowest BCUT2D eigenvalue weighted by Gasteiger charge is -2.40. The van der Waals surface area contributed by atoms with E-state index in [-0.39, 0.29) is 0 Å².